The first-order valence-electron chi connectivity index (χ1n) is 9.80. The van der Waals surface area contributed by atoms with Crippen molar-refractivity contribution in [3.63, 3.8) is 0 Å². The Labute approximate surface area is 187 Å². The summed E-state index contributed by atoms with van der Waals surface area (Å²) in [6.07, 6.45) is 0.648. The van der Waals surface area contributed by atoms with E-state index in [1.54, 1.807) is 0 Å². The molecule has 0 bridgehead atoms. The number of amides is 1. The summed E-state index contributed by atoms with van der Waals surface area (Å²) in [5.41, 5.74) is 10.7. The first-order valence-corrected chi connectivity index (χ1v) is 10.8. The van der Waals surface area contributed by atoms with Crippen molar-refractivity contribution >= 4 is 29.2 Å². The van der Waals surface area contributed by atoms with Crippen LogP contribution in [0.5, 0.6) is 0 Å². The fraction of sp³-hybridized carbons (Fsp3) is 0.143. The number of hydrogen-bond acceptors (Lipinski definition) is 9. The molecule has 2 aromatic carbocycles. The minimum absolute atomic E-state index is 0.0446. The molecule has 11 heteroatoms. The van der Waals surface area contributed by atoms with Crippen LogP contribution in [0.25, 0.3) is 5.82 Å². The van der Waals surface area contributed by atoms with Crippen LogP contribution in [0.3, 0.4) is 0 Å². The zero-order valence-electron chi connectivity index (χ0n) is 17.2. The number of carbonyl (C=O) groups is 1. The molecule has 4 aromatic rings. The van der Waals surface area contributed by atoms with Gasteiger partial charge in [0.25, 0.3) is 5.91 Å². The molecule has 0 radical (unpaired) electrons. The van der Waals surface area contributed by atoms with Gasteiger partial charge in [0.2, 0.25) is 11.6 Å². The molecule has 3 N–H and O–H groups in total. The number of anilines is 1. The van der Waals surface area contributed by atoms with Crippen LogP contribution in [0.2, 0.25) is 0 Å². The molecule has 0 fully saturated rings. The summed E-state index contributed by atoms with van der Waals surface area (Å²) in [6.45, 7) is 1.97. The zero-order valence-corrected chi connectivity index (χ0v) is 18.0. The summed E-state index contributed by atoms with van der Waals surface area (Å²) in [7, 11) is 0. The highest BCUT2D eigenvalue weighted by Crippen LogP contribution is 2.25. The Hall–Kier alpha value is -3.99. The third-order valence-corrected chi connectivity index (χ3v) is 5.55. The maximum atomic E-state index is 13.0. The van der Waals surface area contributed by atoms with Crippen LogP contribution >= 0.6 is 11.8 Å². The lowest BCUT2D eigenvalue weighted by Crippen LogP contribution is -2.22. The second kappa shape index (κ2) is 9.88. The van der Waals surface area contributed by atoms with Crippen molar-refractivity contribution in [1.82, 2.24) is 30.7 Å². The quantitative estimate of drug-likeness (QED) is 0.238. The van der Waals surface area contributed by atoms with E-state index >= 15 is 0 Å². The summed E-state index contributed by atoms with van der Waals surface area (Å²) in [4.78, 5) is 14.0. The number of nitrogens with zero attached hydrogens (tertiary/aromatic N) is 6. The zero-order chi connectivity index (χ0) is 22.3. The molecule has 0 aliphatic heterocycles. The van der Waals surface area contributed by atoms with Crippen molar-refractivity contribution in [1.29, 1.82) is 0 Å². The monoisotopic (exact) mass is 448 g/mol. The van der Waals surface area contributed by atoms with Crippen LogP contribution in [0.1, 0.15) is 35.1 Å². The van der Waals surface area contributed by atoms with Gasteiger partial charge in [-0.25, -0.2) is 10.1 Å². The minimum Gasteiger partial charge on any atom is -0.378 e. The molecule has 0 saturated carbocycles. The average molecular weight is 449 g/mol. The molecule has 0 atom stereocenters. The molecule has 0 spiro atoms. The lowest BCUT2D eigenvalue weighted by atomic mass is 10.1. The molecular weight excluding hydrogens is 428 g/mol. The fourth-order valence-corrected chi connectivity index (χ4v) is 3.85. The largest absolute Gasteiger partial charge is 0.378 e. The highest BCUT2D eigenvalue weighted by molar-refractivity contribution is 7.98. The Morgan fingerprint density at radius 2 is 1.84 bits per heavy atom. The van der Waals surface area contributed by atoms with Gasteiger partial charge in [0.15, 0.2) is 5.69 Å². The van der Waals surface area contributed by atoms with Crippen molar-refractivity contribution in [2.24, 2.45) is 5.10 Å². The van der Waals surface area contributed by atoms with Gasteiger partial charge in [-0.15, -0.1) is 16.9 Å². The molecule has 32 heavy (non-hydrogen) atoms. The molecule has 10 nitrogen and oxygen atoms in total. The molecule has 0 saturated heterocycles. The number of rotatable bonds is 8. The van der Waals surface area contributed by atoms with Gasteiger partial charge in [0, 0.05) is 10.6 Å². The third-order valence-electron chi connectivity index (χ3n) is 4.53. The van der Waals surface area contributed by atoms with E-state index in [1.165, 1.54) is 16.4 Å². The van der Waals surface area contributed by atoms with Crippen molar-refractivity contribution in [3.8, 4) is 5.82 Å². The summed E-state index contributed by atoms with van der Waals surface area (Å²) in [5, 5.41) is 19.8. The van der Waals surface area contributed by atoms with Crippen molar-refractivity contribution in [2.75, 3.05) is 5.73 Å². The Balaban J connectivity index is 1.62. The van der Waals surface area contributed by atoms with Crippen molar-refractivity contribution < 1.29 is 9.42 Å². The maximum absolute atomic E-state index is 13.0. The number of nitrogen functional groups attached to an aromatic ring is 1. The minimum atomic E-state index is -0.489. The highest BCUT2D eigenvalue weighted by Gasteiger charge is 2.24. The molecule has 2 aromatic heterocycles. The summed E-state index contributed by atoms with van der Waals surface area (Å²) >= 11 is 1.52. The van der Waals surface area contributed by atoms with Crippen LogP contribution in [0, 0.1) is 0 Å². The van der Waals surface area contributed by atoms with E-state index in [2.05, 4.69) is 35.8 Å². The lowest BCUT2D eigenvalue weighted by molar-refractivity contribution is 0.0949. The van der Waals surface area contributed by atoms with E-state index in [0.717, 1.165) is 16.2 Å². The van der Waals surface area contributed by atoms with E-state index < -0.39 is 5.91 Å². The van der Waals surface area contributed by atoms with Gasteiger partial charge in [-0.2, -0.15) is 9.78 Å². The van der Waals surface area contributed by atoms with E-state index in [9.17, 15) is 4.79 Å². The SMILES string of the molecule is CC/C(=N/NC(=O)c1nnn(-c2nonc2N)c1CSc1ccccc1)c1ccccc1. The molecular formula is C21H20N8O2S. The standard InChI is InChI=1S/C21H20N8O2S/c1-2-16(14-9-5-3-6-10-14)23-25-21(30)18-17(13-32-15-11-7-4-8-12-15)29(28-24-18)20-19(22)26-31-27-20/h3-12H,2,13H2,1H3,(H2,22,26)(H,25,30)/b23-16-. The van der Waals surface area contributed by atoms with Gasteiger partial charge in [0.05, 0.1) is 11.4 Å². The normalized spacial score (nSPS) is 11.5. The predicted octanol–water partition coefficient (Wildman–Crippen LogP) is 3.07. The maximum Gasteiger partial charge on any atom is 0.293 e. The van der Waals surface area contributed by atoms with E-state index in [1.807, 2.05) is 67.6 Å². The molecule has 0 aliphatic carbocycles. The number of nitrogens with two attached hydrogens (primary N) is 1. The van der Waals surface area contributed by atoms with Crippen molar-refractivity contribution in [2.45, 2.75) is 24.0 Å². The topological polar surface area (TPSA) is 137 Å². The second-order valence-electron chi connectivity index (χ2n) is 6.59. The van der Waals surface area contributed by atoms with Gasteiger partial charge in [-0.05, 0) is 34.4 Å². The van der Waals surface area contributed by atoms with Crippen LogP contribution in [0.15, 0.2) is 75.3 Å². The molecule has 162 valence electrons. The van der Waals surface area contributed by atoms with Gasteiger partial charge in [-0.3, -0.25) is 4.79 Å². The highest BCUT2D eigenvalue weighted by atomic mass is 32.2. The first kappa shape index (κ1) is 21.2. The summed E-state index contributed by atoms with van der Waals surface area (Å²) in [5.74, 6) is 0.108. The molecule has 4 rings (SSSR count). The average Bonchev–Trinajstić information content (AvgIpc) is 3.45. The number of hydrogen-bond donors (Lipinski definition) is 2. The number of hydrazone groups is 1. The van der Waals surface area contributed by atoms with E-state index in [0.29, 0.717) is 17.9 Å². The van der Waals surface area contributed by atoms with Crippen LogP contribution in [-0.2, 0) is 5.75 Å². The third kappa shape index (κ3) is 4.67. The van der Waals surface area contributed by atoms with Gasteiger partial charge in [-0.1, -0.05) is 60.7 Å². The Kier molecular flexibility index (Phi) is 6.56. The number of thioether (sulfide) groups is 1. The summed E-state index contributed by atoms with van der Waals surface area (Å²) < 4.78 is 6.05. The number of nitrogens with one attached hydrogen (secondary N) is 1. The molecule has 2 heterocycles. The Morgan fingerprint density at radius 3 is 2.50 bits per heavy atom. The molecule has 0 aliphatic rings. The van der Waals surface area contributed by atoms with Gasteiger partial charge >= 0.3 is 0 Å². The van der Waals surface area contributed by atoms with Crippen LogP contribution in [0.4, 0.5) is 5.82 Å². The predicted molar refractivity (Wildman–Crippen MR) is 120 cm³/mol. The lowest BCUT2D eigenvalue weighted by Gasteiger charge is -2.07. The Bertz CT molecular complexity index is 1220. The second-order valence-corrected chi connectivity index (χ2v) is 7.64. The van der Waals surface area contributed by atoms with E-state index in [4.69, 9.17) is 5.73 Å². The van der Waals surface area contributed by atoms with Gasteiger partial charge < -0.3 is 5.73 Å². The molecule has 1 amide bonds. The van der Waals surface area contributed by atoms with Crippen LogP contribution in [-0.4, -0.2) is 36.9 Å². The van der Waals surface area contributed by atoms with Crippen molar-refractivity contribution in [3.05, 3.63) is 77.6 Å². The fourth-order valence-electron chi connectivity index (χ4n) is 2.93. The molecule has 0 unspecified atom stereocenters. The number of carbonyl (C=O) groups excluding carboxylic acids is 1. The van der Waals surface area contributed by atoms with Gasteiger partial charge in [0.1, 0.15) is 0 Å². The Morgan fingerprint density at radius 1 is 1.12 bits per heavy atom. The van der Waals surface area contributed by atoms with E-state index in [-0.39, 0.29) is 17.3 Å². The first-order chi connectivity index (χ1) is 15.7. The summed E-state index contributed by atoms with van der Waals surface area (Å²) in [6, 6.07) is 19.4. The number of benzene rings is 2. The smallest absolute Gasteiger partial charge is 0.293 e. The number of aromatic nitrogens is 5. The van der Waals surface area contributed by atoms with Crippen LogP contribution < -0.4 is 11.2 Å².